The minimum atomic E-state index is -1.26. The highest BCUT2D eigenvalue weighted by atomic mass is 32.2. The maximum absolute atomic E-state index is 9.82. The summed E-state index contributed by atoms with van der Waals surface area (Å²) < 4.78 is 5.41. The number of hydrogen-bond donors (Lipinski definition) is 4. The number of aliphatic hydroxyl groups excluding tert-OH is 4. The second kappa shape index (κ2) is 9.15. The monoisotopic (exact) mass is 294 g/mol. The Kier molecular flexibility index (Phi) is 8.29. The summed E-state index contributed by atoms with van der Waals surface area (Å²) in [5.41, 5.74) is -0.582. The fourth-order valence-electron chi connectivity index (χ4n) is 2.11. The number of unbranched alkanes of at least 4 members (excludes halogenated alkanes) is 4. The van der Waals surface area contributed by atoms with Gasteiger partial charge >= 0.3 is 0 Å². The third-order valence-corrected chi connectivity index (χ3v) is 4.62. The molecule has 6 heteroatoms. The van der Waals surface area contributed by atoms with Crippen LogP contribution in [0.5, 0.6) is 0 Å². The van der Waals surface area contributed by atoms with E-state index in [2.05, 4.69) is 6.92 Å². The van der Waals surface area contributed by atoms with Crippen molar-refractivity contribution >= 4 is 11.8 Å². The Balaban J connectivity index is 2.28. The summed E-state index contributed by atoms with van der Waals surface area (Å²) in [5, 5.41) is 38.2. The van der Waals surface area contributed by atoms with Gasteiger partial charge in [0, 0.05) is 0 Å². The molecule has 0 spiro atoms. The molecule has 0 bridgehead atoms. The quantitative estimate of drug-likeness (QED) is 0.487. The molecule has 1 fully saturated rings. The molecule has 0 saturated carbocycles. The SMILES string of the molecule is CCCCCCCSC1O[C@H](CO)[C@H](O)[C@H](O)[C@H]1O. The van der Waals surface area contributed by atoms with Crippen molar-refractivity contribution in [3.8, 4) is 0 Å². The molecule has 1 aliphatic rings. The lowest BCUT2D eigenvalue weighted by molar-refractivity contribution is -0.205. The van der Waals surface area contributed by atoms with Crippen LogP contribution in [0, 0.1) is 0 Å². The van der Waals surface area contributed by atoms with E-state index in [1.807, 2.05) is 0 Å². The topological polar surface area (TPSA) is 90.2 Å². The van der Waals surface area contributed by atoms with E-state index in [1.54, 1.807) is 0 Å². The number of ether oxygens (including phenoxy) is 1. The zero-order valence-corrected chi connectivity index (χ0v) is 12.3. The largest absolute Gasteiger partial charge is 0.394 e. The minimum Gasteiger partial charge on any atom is -0.394 e. The lowest BCUT2D eigenvalue weighted by Gasteiger charge is -2.39. The molecule has 1 heterocycles. The Bertz CT molecular complexity index is 239. The smallest absolute Gasteiger partial charge is 0.132 e. The fourth-order valence-corrected chi connectivity index (χ4v) is 3.29. The van der Waals surface area contributed by atoms with E-state index in [1.165, 1.54) is 31.0 Å². The van der Waals surface area contributed by atoms with E-state index >= 15 is 0 Å². The summed E-state index contributed by atoms with van der Waals surface area (Å²) in [6.45, 7) is 1.81. The first kappa shape index (κ1) is 17.2. The second-order valence-corrected chi connectivity index (χ2v) is 6.19. The molecule has 114 valence electrons. The van der Waals surface area contributed by atoms with E-state index in [4.69, 9.17) is 9.84 Å². The maximum Gasteiger partial charge on any atom is 0.132 e. The molecule has 0 aromatic carbocycles. The molecule has 1 rings (SSSR count). The predicted molar refractivity (Wildman–Crippen MR) is 75.0 cm³/mol. The van der Waals surface area contributed by atoms with Crippen LogP contribution in [0.2, 0.25) is 0 Å². The van der Waals surface area contributed by atoms with Gasteiger partial charge in [-0.25, -0.2) is 0 Å². The molecule has 0 aliphatic carbocycles. The van der Waals surface area contributed by atoms with Crippen molar-refractivity contribution in [2.75, 3.05) is 12.4 Å². The van der Waals surface area contributed by atoms with Gasteiger partial charge in [-0.15, -0.1) is 11.8 Å². The molecule has 1 aliphatic heterocycles. The molecule has 1 saturated heterocycles. The fraction of sp³-hybridized carbons (Fsp3) is 1.00. The van der Waals surface area contributed by atoms with Crippen LogP contribution in [-0.4, -0.2) is 62.6 Å². The van der Waals surface area contributed by atoms with Gasteiger partial charge in [0.15, 0.2) is 0 Å². The van der Waals surface area contributed by atoms with Crippen LogP contribution in [0.1, 0.15) is 39.0 Å². The van der Waals surface area contributed by atoms with Gasteiger partial charge < -0.3 is 25.2 Å². The Morgan fingerprint density at radius 3 is 2.26 bits per heavy atom. The molecule has 4 N–H and O–H groups in total. The zero-order chi connectivity index (χ0) is 14.3. The molecule has 5 nitrogen and oxygen atoms in total. The van der Waals surface area contributed by atoms with E-state index in [0.29, 0.717) is 0 Å². The van der Waals surface area contributed by atoms with Gasteiger partial charge in [0.05, 0.1) is 6.61 Å². The molecule has 0 amide bonds. The Morgan fingerprint density at radius 1 is 0.947 bits per heavy atom. The Morgan fingerprint density at radius 2 is 1.63 bits per heavy atom. The van der Waals surface area contributed by atoms with Crippen LogP contribution in [-0.2, 0) is 4.74 Å². The van der Waals surface area contributed by atoms with Crippen LogP contribution < -0.4 is 0 Å². The first-order valence-electron chi connectivity index (χ1n) is 7.04. The zero-order valence-electron chi connectivity index (χ0n) is 11.4. The van der Waals surface area contributed by atoms with Crippen LogP contribution in [0.25, 0.3) is 0 Å². The summed E-state index contributed by atoms with van der Waals surface area (Å²) in [6.07, 6.45) is 1.42. The lowest BCUT2D eigenvalue weighted by atomic mass is 10.0. The van der Waals surface area contributed by atoms with Crippen LogP contribution in [0.4, 0.5) is 0 Å². The number of aliphatic hydroxyl groups is 4. The third-order valence-electron chi connectivity index (χ3n) is 3.38. The van der Waals surface area contributed by atoms with Crippen molar-refractivity contribution in [3.63, 3.8) is 0 Å². The van der Waals surface area contributed by atoms with Gasteiger partial charge in [-0.1, -0.05) is 32.6 Å². The summed E-state index contributed by atoms with van der Waals surface area (Å²) in [6, 6.07) is 0. The van der Waals surface area contributed by atoms with Gasteiger partial charge in [0.25, 0.3) is 0 Å². The average Bonchev–Trinajstić information content (AvgIpc) is 2.42. The Hall–Kier alpha value is 0.150. The lowest BCUT2D eigenvalue weighted by Crippen LogP contribution is -2.57. The van der Waals surface area contributed by atoms with Gasteiger partial charge in [-0.2, -0.15) is 0 Å². The van der Waals surface area contributed by atoms with Gasteiger partial charge in [0.1, 0.15) is 29.9 Å². The highest BCUT2D eigenvalue weighted by Gasteiger charge is 2.43. The van der Waals surface area contributed by atoms with E-state index in [-0.39, 0.29) is 6.61 Å². The second-order valence-electron chi connectivity index (χ2n) is 4.98. The first-order valence-corrected chi connectivity index (χ1v) is 8.08. The molecule has 19 heavy (non-hydrogen) atoms. The van der Waals surface area contributed by atoms with Crippen molar-refractivity contribution in [3.05, 3.63) is 0 Å². The van der Waals surface area contributed by atoms with Crippen molar-refractivity contribution in [2.24, 2.45) is 0 Å². The maximum atomic E-state index is 9.82. The summed E-state index contributed by atoms with van der Waals surface area (Å²) >= 11 is 1.43. The van der Waals surface area contributed by atoms with Gasteiger partial charge in [-0.3, -0.25) is 0 Å². The number of rotatable bonds is 8. The van der Waals surface area contributed by atoms with E-state index < -0.39 is 29.9 Å². The standard InChI is InChI=1S/C13H26O5S/c1-2-3-4-5-6-7-19-13-12(17)11(16)10(15)9(8-14)18-13/h9-17H,2-8H2,1H3/t9-,10+,11+,12-,13?/m1/s1. The highest BCUT2D eigenvalue weighted by molar-refractivity contribution is 7.99. The van der Waals surface area contributed by atoms with Crippen molar-refractivity contribution < 1.29 is 25.2 Å². The molecule has 5 atom stereocenters. The summed E-state index contributed by atoms with van der Waals surface area (Å²) in [5.74, 6) is 0.840. The summed E-state index contributed by atoms with van der Waals surface area (Å²) in [4.78, 5) is 0. The Labute approximate surface area is 119 Å². The van der Waals surface area contributed by atoms with Gasteiger partial charge in [0.2, 0.25) is 0 Å². The molecule has 0 radical (unpaired) electrons. The molecule has 1 unspecified atom stereocenters. The molecule has 0 aromatic heterocycles. The normalized spacial score (nSPS) is 35.5. The number of hydrogen-bond acceptors (Lipinski definition) is 6. The van der Waals surface area contributed by atoms with Crippen molar-refractivity contribution in [1.29, 1.82) is 0 Å². The van der Waals surface area contributed by atoms with Crippen LogP contribution in [0.15, 0.2) is 0 Å². The average molecular weight is 294 g/mol. The minimum absolute atomic E-state index is 0.363. The van der Waals surface area contributed by atoms with E-state index in [0.717, 1.165) is 18.6 Å². The molecule has 0 aromatic rings. The first-order chi connectivity index (χ1) is 9.11. The predicted octanol–water partition coefficient (Wildman–Crippen LogP) is 0.490. The van der Waals surface area contributed by atoms with Crippen LogP contribution in [0.3, 0.4) is 0 Å². The van der Waals surface area contributed by atoms with Crippen molar-refractivity contribution in [2.45, 2.75) is 68.9 Å². The van der Waals surface area contributed by atoms with Crippen molar-refractivity contribution in [1.82, 2.24) is 0 Å². The third kappa shape index (κ3) is 5.21. The molecular weight excluding hydrogens is 268 g/mol. The number of thioether (sulfide) groups is 1. The van der Waals surface area contributed by atoms with E-state index in [9.17, 15) is 15.3 Å². The van der Waals surface area contributed by atoms with Gasteiger partial charge in [-0.05, 0) is 12.2 Å². The van der Waals surface area contributed by atoms with Crippen LogP contribution >= 0.6 is 11.8 Å². The molecular formula is C13H26O5S. The highest BCUT2D eigenvalue weighted by Crippen LogP contribution is 2.29. The summed E-state index contributed by atoms with van der Waals surface area (Å²) in [7, 11) is 0.